The van der Waals surface area contributed by atoms with Gasteiger partial charge in [-0.2, -0.15) is 0 Å². The Morgan fingerprint density at radius 3 is 2.69 bits per heavy atom. The number of carbonyl (C=O) groups excluding carboxylic acids is 1. The molecular formula is C20H20Cl2N4O3. The first-order valence-electron chi connectivity index (χ1n) is 9.09. The zero-order valence-electron chi connectivity index (χ0n) is 15.9. The number of ether oxygens (including phenoxy) is 2. The highest BCUT2D eigenvalue weighted by Gasteiger charge is 2.31. The summed E-state index contributed by atoms with van der Waals surface area (Å²) in [6, 6.07) is 6.66. The zero-order valence-corrected chi connectivity index (χ0v) is 17.4. The summed E-state index contributed by atoms with van der Waals surface area (Å²) in [5.41, 5.74) is 2.65. The van der Waals surface area contributed by atoms with Crippen molar-refractivity contribution >= 4 is 51.5 Å². The van der Waals surface area contributed by atoms with Crippen molar-refractivity contribution in [1.29, 1.82) is 0 Å². The summed E-state index contributed by atoms with van der Waals surface area (Å²) in [5.74, 6) is -0.663. The number of anilines is 2. The van der Waals surface area contributed by atoms with Crippen molar-refractivity contribution in [2.45, 2.75) is 25.6 Å². The third kappa shape index (κ3) is 4.48. The molecule has 3 aromatic rings. The normalized spacial score (nSPS) is 16.7. The molecule has 2 aromatic heterocycles. The van der Waals surface area contributed by atoms with Gasteiger partial charge < -0.3 is 25.1 Å². The standard InChI is InChI=1S/C20H20Cl2N4O3/c1-20(2)28-9-11(10-29-20)18-15(22)6-13(7-24-18)25-19(27)26-17-8-23-16-4-3-12(21)5-14(16)17/h3-8,11,23H,9-10H2,1-2H3,(H2,25,26,27). The van der Waals surface area contributed by atoms with Gasteiger partial charge in [-0.3, -0.25) is 4.98 Å². The molecule has 4 rings (SSSR count). The van der Waals surface area contributed by atoms with Crippen molar-refractivity contribution in [3.8, 4) is 0 Å². The number of amides is 2. The lowest BCUT2D eigenvalue weighted by Crippen LogP contribution is -2.38. The molecule has 7 nitrogen and oxygen atoms in total. The van der Waals surface area contributed by atoms with Crippen molar-refractivity contribution in [3.05, 3.63) is 52.4 Å². The smallest absolute Gasteiger partial charge is 0.323 e. The minimum absolute atomic E-state index is 0.0608. The van der Waals surface area contributed by atoms with Crippen LogP contribution >= 0.6 is 23.2 Å². The SMILES string of the molecule is CC1(C)OCC(c2ncc(NC(=O)Nc3c[nH]c4ccc(Cl)cc34)cc2Cl)CO1. The molecule has 3 heterocycles. The van der Waals surface area contributed by atoms with E-state index >= 15 is 0 Å². The van der Waals surface area contributed by atoms with Crippen LogP contribution in [-0.4, -0.2) is 35.0 Å². The van der Waals surface area contributed by atoms with Gasteiger partial charge in [0.15, 0.2) is 5.79 Å². The molecule has 1 saturated heterocycles. The van der Waals surface area contributed by atoms with E-state index < -0.39 is 11.8 Å². The maximum absolute atomic E-state index is 12.4. The number of benzene rings is 1. The summed E-state index contributed by atoms with van der Waals surface area (Å²) in [4.78, 5) is 19.9. The lowest BCUT2D eigenvalue weighted by Gasteiger charge is -2.34. The van der Waals surface area contributed by atoms with Gasteiger partial charge >= 0.3 is 6.03 Å². The number of carbonyl (C=O) groups is 1. The zero-order chi connectivity index (χ0) is 20.6. The van der Waals surface area contributed by atoms with Crippen molar-refractivity contribution in [1.82, 2.24) is 9.97 Å². The summed E-state index contributed by atoms with van der Waals surface area (Å²) in [6.45, 7) is 4.67. The average Bonchev–Trinajstić information content (AvgIpc) is 3.04. The lowest BCUT2D eigenvalue weighted by atomic mass is 10.1. The number of nitrogens with zero attached hydrogens (tertiary/aromatic N) is 1. The Balaban J connectivity index is 1.43. The van der Waals surface area contributed by atoms with Crippen LogP contribution in [0.25, 0.3) is 10.9 Å². The van der Waals surface area contributed by atoms with Gasteiger partial charge in [0.25, 0.3) is 0 Å². The fourth-order valence-corrected chi connectivity index (χ4v) is 3.64. The Bertz CT molecular complexity index is 1060. The second kappa shape index (κ2) is 7.84. The number of halogens is 2. The van der Waals surface area contributed by atoms with Crippen molar-refractivity contribution in [2.75, 3.05) is 23.8 Å². The first-order valence-corrected chi connectivity index (χ1v) is 9.84. The molecule has 0 radical (unpaired) electrons. The van der Waals surface area contributed by atoms with Gasteiger partial charge in [0.2, 0.25) is 0 Å². The summed E-state index contributed by atoms with van der Waals surface area (Å²) < 4.78 is 11.3. The number of aromatic nitrogens is 2. The average molecular weight is 435 g/mol. The monoisotopic (exact) mass is 434 g/mol. The molecule has 1 aliphatic heterocycles. The first-order chi connectivity index (χ1) is 13.8. The minimum Gasteiger partial charge on any atom is -0.359 e. The van der Waals surface area contributed by atoms with Crippen molar-refractivity contribution in [3.63, 3.8) is 0 Å². The molecule has 3 N–H and O–H groups in total. The number of aromatic amines is 1. The molecule has 1 aliphatic rings. The van der Waals surface area contributed by atoms with Gasteiger partial charge in [0, 0.05) is 28.0 Å². The third-order valence-electron chi connectivity index (χ3n) is 4.67. The maximum Gasteiger partial charge on any atom is 0.323 e. The molecular weight excluding hydrogens is 415 g/mol. The molecule has 1 aromatic carbocycles. The van der Waals surface area contributed by atoms with Gasteiger partial charge in [-0.25, -0.2) is 4.79 Å². The lowest BCUT2D eigenvalue weighted by molar-refractivity contribution is -0.251. The highest BCUT2D eigenvalue weighted by atomic mass is 35.5. The molecule has 0 bridgehead atoms. The van der Waals surface area contributed by atoms with Crippen LogP contribution < -0.4 is 10.6 Å². The van der Waals surface area contributed by atoms with Crippen molar-refractivity contribution < 1.29 is 14.3 Å². The van der Waals surface area contributed by atoms with E-state index in [4.69, 9.17) is 32.7 Å². The van der Waals surface area contributed by atoms with E-state index in [-0.39, 0.29) is 5.92 Å². The van der Waals surface area contributed by atoms with E-state index in [0.29, 0.717) is 40.3 Å². The Morgan fingerprint density at radius 1 is 1.21 bits per heavy atom. The van der Waals surface area contributed by atoms with Gasteiger partial charge in [0.05, 0.1) is 41.5 Å². The van der Waals surface area contributed by atoms with E-state index in [2.05, 4.69) is 20.6 Å². The maximum atomic E-state index is 12.4. The van der Waals surface area contributed by atoms with Crippen LogP contribution in [0.15, 0.2) is 36.7 Å². The summed E-state index contributed by atoms with van der Waals surface area (Å²) in [6.07, 6.45) is 3.27. The van der Waals surface area contributed by atoms with Gasteiger partial charge in [-0.05, 0) is 38.1 Å². The molecule has 29 heavy (non-hydrogen) atoms. The molecule has 0 saturated carbocycles. The topological polar surface area (TPSA) is 88.3 Å². The van der Waals surface area contributed by atoms with Gasteiger partial charge in [-0.1, -0.05) is 23.2 Å². The van der Waals surface area contributed by atoms with E-state index in [1.54, 1.807) is 30.6 Å². The number of pyridine rings is 1. The summed E-state index contributed by atoms with van der Waals surface area (Å²) in [5, 5.41) is 7.38. The van der Waals surface area contributed by atoms with Crippen LogP contribution in [0.4, 0.5) is 16.2 Å². The van der Waals surface area contributed by atoms with Crippen molar-refractivity contribution in [2.24, 2.45) is 0 Å². The Kier molecular flexibility index (Phi) is 5.40. The Morgan fingerprint density at radius 2 is 1.97 bits per heavy atom. The quantitative estimate of drug-likeness (QED) is 0.516. The second-order valence-electron chi connectivity index (χ2n) is 7.28. The predicted octanol–water partition coefficient (Wildman–Crippen LogP) is 5.38. The van der Waals surface area contributed by atoms with Crippen LogP contribution in [0.5, 0.6) is 0 Å². The Hall–Kier alpha value is -2.32. The summed E-state index contributed by atoms with van der Waals surface area (Å²) >= 11 is 12.4. The number of hydrogen-bond donors (Lipinski definition) is 3. The molecule has 1 fully saturated rings. The van der Waals surface area contributed by atoms with E-state index in [1.165, 1.54) is 0 Å². The number of rotatable bonds is 3. The molecule has 9 heteroatoms. The molecule has 0 unspecified atom stereocenters. The van der Waals surface area contributed by atoms with Crippen LogP contribution in [0, 0.1) is 0 Å². The minimum atomic E-state index is -0.602. The van der Waals surface area contributed by atoms with Crippen LogP contribution in [-0.2, 0) is 9.47 Å². The Labute approximate surface area is 177 Å². The largest absolute Gasteiger partial charge is 0.359 e. The number of hydrogen-bond acceptors (Lipinski definition) is 4. The number of H-pyrrole nitrogens is 1. The molecule has 152 valence electrons. The number of urea groups is 1. The third-order valence-corrected chi connectivity index (χ3v) is 5.21. The molecule has 0 spiro atoms. The fraction of sp³-hybridized carbons (Fsp3) is 0.300. The van der Waals surface area contributed by atoms with Crippen LogP contribution in [0.3, 0.4) is 0 Å². The number of fused-ring (bicyclic) bond motifs is 1. The number of nitrogens with one attached hydrogen (secondary N) is 3. The highest BCUT2D eigenvalue weighted by molar-refractivity contribution is 6.32. The highest BCUT2D eigenvalue weighted by Crippen LogP contribution is 2.31. The summed E-state index contributed by atoms with van der Waals surface area (Å²) in [7, 11) is 0. The van der Waals surface area contributed by atoms with Gasteiger partial charge in [-0.15, -0.1) is 0 Å². The predicted molar refractivity (Wildman–Crippen MR) is 114 cm³/mol. The van der Waals surface area contributed by atoms with E-state index in [9.17, 15) is 4.79 Å². The molecule has 2 amide bonds. The second-order valence-corrected chi connectivity index (χ2v) is 8.12. The van der Waals surface area contributed by atoms with Crippen LogP contribution in [0.1, 0.15) is 25.5 Å². The van der Waals surface area contributed by atoms with E-state index in [0.717, 1.165) is 10.9 Å². The first kappa shape index (κ1) is 20.0. The van der Waals surface area contributed by atoms with E-state index in [1.807, 2.05) is 19.9 Å². The van der Waals surface area contributed by atoms with Crippen LogP contribution in [0.2, 0.25) is 10.0 Å². The fourth-order valence-electron chi connectivity index (χ4n) is 3.15. The molecule has 0 atom stereocenters. The van der Waals surface area contributed by atoms with Gasteiger partial charge in [0.1, 0.15) is 0 Å². The molecule has 0 aliphatic carbocycles.